The SMILES string of the molecule is CC/C=C/OCCC1CC1. The van der Waals surface area contributed by atoms with Gasteiger partial charge >= 0.3 is 0 Å². The molecule has 0 aromatic rings. The molecule has 0 heterocycles. The highest BCUT2D eigenvalue weighted by atomic mass is 16.5. The Bertz CT molecular complexity index is 103. The van der Waals surface area contributed by atoms with E-state index in [1.54, 1.807) is 0 Å². The monoisotopic (exact) mass is 140 g/mol. The van der Waals surface area contributed by atoms with Gasteiger partial charge in [-0.15, -0.1) is 0 Å². The molecule has 1 aliphatic carbocycles. The Labute approximate surface area is 63.1 Å². The molecule has 58 valence electrons. The molecular weight excluding hydrogens is 124 g/mol. The van der Waals surface area contributed by atoms with E-state index in [1.807, 2.05) is 12.3 Å². The lowest BCUT2D eigenvalue weighted by Crippen LogP contribution is -1.87. The second kappa shape index (κ2) is 4.37. The van der Waals surface area contributed by atoms with Crippen molar-refractivity contribution in [2.75, 3.05) is 6.61 Å². The van der Waals surface area contributed by atoms with Gasteiger partial charge in [-0.05, 0) is 18.8 Å². The molecule has 0 unspecified atom stereocenters. The average molecular weight is 140 g/mol. The van der Waals surface area contributed by atoms with Crippen LogP contribution in [0.2, 0.25) is 0 Å². The van der Waals surface area contributed by atoms with Gasteiger partial charge in [-0.2, -0.15) is 0 Å². The smallest absolute Gasteiger partial charge is 0.0875 e. The van der Waals surface area contributed by atoms with Gasteiger partial charge in [-0.25, -0.2) is 0 Å². The number of hydrogen-bond donors (Lipinski definition) is 0. The highest BCUT2D eigenvalue weighted by Crippen LogP contribution is 2.31. The normalized spacial score (nSPS) is 18.1. The highest BCUT2D eigenvalue weighted by molar-refractivity contribution is 4.74. The minimum atomic E-state index is 0.918. The van der Waals surface area contributed by atoms with Crippen LogP contribution in [0.15, 0.2) is 12.3 Å². The van der Waals surface area contributed by atoms with Crippen molar-refractivity contribution in [3.8, 4) is 0 Å². The summed E-state index contributed by atoms with van der Waals surface area (Å²) in [6.07, 6.45) is 9.06. The van der Waals surface area contributed by atoms with Crippen LogP contribution in [-0.2, 0) is 4.74 Å². The Morgan fingerprint density at radius 1 is 1.50 bits per heavy atom. The first-order chi connectivity index (χ1) is 4.93. The molecule has 0 amide bonds. The summed E-state index contributed by atoms with van der Waals surface area (Å²) < 4.78 is 5.24. The zero-order valence-electron chi connectivity index (χ0n) is 6.68. The maximum Gasteiger partial charge on any atom is 0.0875 e. The van der Waals surface area contributed by atoms with Gasteiger partial charge in [0.25, 0.3) is 0 Å². The van der Waals surface area contributed by atoms with Gasteiger partial charge in [-0.1, -0.05) is 25.8 Å². The Hall–Kier alpha value is -0.460. The van der Waals surface area contributed by atoms with Crippen molar-refractivity contribution in [1.82, 2.24) is 0 Å². The standard InChI is InChI=1S/C9H16O/c1-2-3-7-10-8-6-9-4-5-9/h3,7,9H,2,4-6,8H2,1H3/b7-3+. The third-order valence-corrected chi connectivity index (χ3v) is 1.77. The molecule has 1 aliphatic rings. The second-order valence-corrected chi connectivity index (χ2v) is 2.88. The summed E-state index contributed by atoms with van der Waals surface area (Å²) in [5.74, 6) is 0.995. The second-order valence-electron chi connectivity index (χ2n) is 2.88. The molecule has 1 fully saturated rings. The number of hydrogen-bond acceptors (Lipinski definition) is 1. The van der Waals surface area contributed by atoms with Gasteiger partial charge in [0.1, 0.15) is 0 Å². The summed E-state index contributed by atoms with van der Waals surface area (Å²) >= 11 is 0. The molecule has 0 N–H and O–H groups in total. The van der Waals surface area contributed by atoms with Crippen LogP contribution in [0.4, 0.5) is 0 Å². The number of allylic oxidation sites excluding steroid dienone is 1. The van der Waals surface area contributed by atoms with Crippen LogP contribution in [0.3, 0.4) is 0 Å². The molecule has 1 nitrogen and oxygen atoms in total. The van der Waals surface area contributed by atoms with Crippen molar-refractivity contribution >= 4 is 0 Å². The van der Waals surface area contributed by atoms with Gasteiger partial charge < -0.3 is 4.74 Å². The van der Waals surface area contributed by atoms with E-state index in [2.05, 4.69) is 6.92 Å². The fourth-order valence-corrected chi connectivity index (χ4v) is 0.874. The first-order valence-corrected chi connectivity index (χ1v) is 4.20. The molecule has 0 aromatic carbocycles. The first kappa shape index (κ1) is 7.64. The molecular formula is C9H16O. The Morgan fingerprint density at radius 3 is 2.90 bits per heavy atom. The van der Waals surface area contributed by atoms with Crippen molar-refractivity contribution in [2.45, 2.75) is 32.6 Å². The van der Waals surface area contributed by atoms with E-state index >= 15 is 0 Å². The van der Waals surface area contributed by atoms with E-state index in [9.17, 15) is 0 Å². The maximum absolute atomic E-state index is 5.24. The molecule has 0 bridgehead atoms. The summed E-state index contributed by atoms with van der Waals surface area (Å²) in [6.45, 7) is 3.03. The molecule has 0 spiro atoms. The zero-order chi connectivity index (χ0) is 7.23. The molecule has 0 aromatic heterocycles. The Morgan fingerprint density at radius 2 is 2.30 bits per heavy atom. The average Bonchev–Trinajstić information content (AvgIpc) is 2.71. The third-order valence-electron chi connectivity index (χ3n) is 1.77. The minimum Gasteiger partial charge on any atom is -0.502 e. The molecule has 10 heavy (non-hydrogen) atoms. The molecule has 0 atom stereocenters. The largest absolute Gasteiger partial charge is 0.502 e. The van der Waals surface area contributed by atoms with Gasteiger partial charge in [-0.3, -0.25) is 0 Å². The fraction of sp³-hybridized carbons (Fsp3) is 0.778. The van der Waals surface area contributed by atoms with E-state index in [4.69, 9.17) is 4.74 Å². The van der Waals surface area contributed by atoms with Crippen LogP contribution in [0.1, 0.15) is 32.6 Å². The number of rotatable bonds is 5. The van der Waals surface area contributed by atoms with Crippen LogP contribution in [0.25, 0.3) is 0 Å². The van der Waals surface area contributed by atoms with Crippen molar-refractivity contribution in [1.29, 1.82) is 0 Å². The highest BCUT2D eigenvalue weighted by Gasteiger charge is 2.20. The van der Waals surface area contributed by atoms with Crippen LogP contribution >= 0.6 is 0 Å². The zero-order valence-corrected chi connectivity index (χ0v) is 6.68. The summed E-state index contributed by atoms with van der Waals surface area (Å²) in [7, 11) is 0. The molecule has 1 saturated carbocycles. The quantitative estimate of drug-likeness (QED) is 0.421. The van der Waals surface area contributed by atoms with E-state index in [1.165, 1.54) is 19.3 Å². The Kier molecular flexibility index (Phi) is 3.34. The van der Waals surface area contributed by atoms with Crippen LogP contribution in [0.5, 0.6) is 0 Å². The van der Waals surface area contributed by atoms with E-state index in [0.29, 0.717) is 0 Å². The van der Waals surface area contributed by atoms with Crippen LogP contribution < -0.4 is 0 Å². The van der Waals surface area contributed by atoms with Crippen LogP contribution in [0, 0.1) is 5.92 Å². The van der Waals surface area contributed by atoms with E-state index in [0.717, 1.165) is 18.9 Å². The predicted octanol–water partition coefficient (Wildman–Crippen LogP) is 2.73. The van der Waals surface area contributed by atoms with Crippen LogP contribution in [-0.4, -0.2) is 6.61 Å². The van der Waals surface area contributed by atoms with Gasteiger partial charge in [0.15, 0.2) is 0 Å². The number of ether oxygens (including phenoxy) is 1. The van der Waals surface area contributed by atoms with Crippen molar-refractivity contribution in [3.05, 3.63) is 12.3 Å². The minimum absolute atomic E-state index is 0.918. The predicted molar refractivity (Wildman–Crippen MR) is 42.7 cm³/mol. The third kappa shape index (κ3) is 3.54. The summed E-state index contributed by atoms with van der Waals surface area (Å²) in [4.78, 5) is 0. The lowest BCUT2D eigenvalue weighted by molar-refractivity contribution is 0.237. The van der Waals surface area contributed by atoms with Gasteiger partial charge in [0, 0.05) is 0 Å². The Balaban J connectivity index is 1.80. The lowest BCUT2D eigenvalue weighted by atomic mass is 10.3. The fourth-order valence-electron chi connectivity index (χ4n) is 0.874. The van der Waals surface area contributed by atoms with Crippen molar-refractivity contribution < 1.29 is 4.74 Å². The topological polar surface area (TPSA) is 9.23 Å². The van der Waals surface area contributed by atoms with Crippen molar-refractivity contribution in [2.24, 2.45) is 5.92 Å². The summed E-state index contributed by atoms with van der Waals surface area (Å²) in [6, 6.07) is 0. The first-order valence-electron chi connectivity index (χ1n) is 4.20. The lowest BCUT2D eigenvalue weighted by Gasteiger charge is -1.96. The van der Waals surface area contributed by atoms with E-state index < -0.39 is 0 Å². The molecule has 1 heteroatoms. The van der Waals surface area contributed by atoms with Gasteiger partial charge in [0.2, 0.25) is 0 Å². The molecule has 0 saturated heterocycles. The molecule has 0 aliphatic heterocycles. The van der Waals surface area contributed by atoms with E-state index in [-0.39, 0.29) is 0 Å². The molecule has 1 rings (SSSR count). The molecule has 0 radical (unpaired) electrons. The maximum atomic E-state index is 5.24. The summed E-state index contributed by atoms with van der Waals surface area (Å²) in [5.41, 5.74) is 0. The van der Waals surface area contributed by atoms with Crippen molar-refractivity contribution in [3.63, 3.8) is 0 Å². The van der Waals surface area contributed by atoms with Gasteiger partial charge in [0.05, 0.1) is 12.9 Å². The summed E-state index contributed by atoms with van der Waals surface area (Å²) in [5, 5.41) is 0.